The van der Waals surface area contributed by atoms with Gasteiger partial charge >= 0.3 is 0 Å². The van der Waals surface area contributed by atoms with Crippen LogP contribution in [0.3, 0.4) is 0 Å². The zero-order chi connectivity index (χ0) is 32.4. The molecule has 0 radical (unpaired) electrons. The molecule has 3 aliphatic heterocycles. The van der Waals surface area contributed by atoms with Crippen LogP contribution in [0.1, 0.15) is 25.0 Å². The summed E-state index contributed by atoms with van der Waals surface area (Å²) in [6.45, 7) is 4.88. The minimum atomic E-state index is -0.397. The van der Waals surface area contributed by atoms with Gasteiger partial charge in [0.2, 0.25) is 0 Å². The summed E-state index contributed by atoms with van der Waals surface area (Å²) in [5.41, 5.74) is 13.5. The van der Waals surface area contributed by atoms with Crippen molar-refractivity contribution in [3.8, 4) is 23.0 Å². The number of para-hydroxylation sites is 4. The van der Waals surface area contributed by atoms with Crippen molar-refractivity contribution in [3.05, 3.63) is 126 Å². The quantitative estimate of drug-likeness (QED) is 0.155. The molecule has 0 atom stereocenters. The maximum atomic E-state index is 7.23. The van der Waals surface area contributed by atoms with Crippen molar-refractivity contribution in [1.82, 2.24) is 8.80 Å². The molecule has 7 heterocycles. The van der Waals surface area contributed by atoms with Crippen LogP contribution in [0.2, 0.25) is 0 Å². The lowest BCUT2D eigenvalue weighted by atomic mass is 9.29. The summed E-state index contributed by atoms with van der Waals surface area (Å²) >= 11 is 0. The van der Waals surface area contributed by atoms with Gasteiger partial charge in [-0.3, -0.25) is 0 Å². The molecule has 0 saturated heterocycles. The van der Waals surface area contributed by atoms with Crippen LogP contribution in [0, 0.1) is 0 Å². The van der Waals surface area contributed by atoms with Gasteiger partial charge in [-0.1, -0.05) is 92.7 Å². The van der Waals surface area contributed by atoms with Gasteiger partial charge in [-0.2, -0.15) is 0 Å². The van der Waals surface area contributed by atoms with E-state index >= 15 is 0 Å². The zero-order valence-corrected chi connectivity index (χ0v) is 27.3. The van der Waals surface area contributed by atoms with E-state index in [0.717, 1.165) is 28.5 Å². The van der Waals surface area contributed by atoms with Gasteiger partial charge in [-0.25, -0.2) is 0 Å². The van der Waals surface area contributed by atoms with Gasteiger partial charge < -0.3 is 18.3 Å². The van der Waals surface area contributed by atoms with E-state index in [1.54, 1.807) is 0 Å². The van der Waals surface area contributed by atoms with E-state index in [4.69, 9.17) is 9.47 Å². The van der Waals surface area contributed by atoms with Crippen molar-refractivity contribution in [2.45, 2.75) is 19.3 Å². The lowest BCUT2D eigenvalue weighted by molar-refractivity contribution is 0.466. The minimum Gasteiger partial charge on any atom is -0.458 e. The number of nitrogens with zero attached hydrogens (tertiary/aromatic N) is 2. The van der Waals surface area contributed by atoms with E-state index in [0.29, 0.717) is 0 Å². The van der Waals surface area contributed by atoms with Crippen molar-refractivity contribution in [2.24, 2.45) is 0 Å². The first kappa shape index (κ1) is 24.9. The topological polar surface area (TPSA) is 27.3 Å². The predicted molar refractivity (Wildman–Crippen MR) is 206 cm³/mol. The highest BCUT2D eigenvalue weighted by molar-refractivity contribution is 7.00. The molecule has 0 amide bonds. The lowest BCUT2D eigenvalue weighted by Gasteiger charge is -2.45. The van der Waals surface area contributed by atoms with Crippen LogP contribution in [-0.4, -0.2) is 15.5 Å². The van der Waals surface area contributed by atoms with Crippen molar-refractivity contribution < 1.29 is 9.47 Å². The number of hydrogen-bond acceptors (Lipinski definition) is 2. The first-order valence-corrected chi connectivity index (χ1v) is 17.6. The summed E-state index contributed by atoms with van der Waals surface area (Å²) in [6, 6.07) is 42.1. The fraction of sp³-hybridized carbons (Fsp3) is 0.0667. The molecule has 50 heavy (non-hydrogen) atoms. The molecular weight excluding hydrogens is 611 g/mol. The highest BCUT2D eigenvalue weighted by atomic mass is 16.5. The molecule has 0 saturated carbocycles. The van der Waals surface area contributed by atoms with Crippen molar-refractivity contribution >= 4 is 99.3 Å². The molecule has 3 aliphatic rings. The van der Waals surface area contributed by atoms with E-state index in [9.17, 15) is 0 Å². The Kier molecular flexibility index (Phi) is 3.81. The normalized spacial score (nSPS) is 15.4. The Bertz CT molecular complexity index is 3200. The number of ether oxygens (including phenoxy) is 2. The standard InChI is InChI=1S/C45H25BN2O2/c1-45(2)36-32-22-12-3-7-16-26(22)47-28-18-9-5-14-24(28)34(41(32)47)43-39(36)46-38-30(49-43)20-11-21-31(38)50-44-35-25-15-6-10-19-29(25)48-27-17-8-4-13-23(27)33(42(35)48)37(45)40(44)46/h3-21H,1-2H3. The number of hydrogen-bond donors (Lipinski definition) is 0. The van der Waals surface area contributed by atoms with Crippen LogP contribution in [-0.2, 0) is 5.41 Å². The fourth-order valence-electron chi connectivity index (χ4n) is 11.0. The van der Waals surface area contributed by atoms with E-state index in [1.807, 2.05) is 0 Å². The van der Waals surface area contributed by atoms with Crippen molar-refractivity contribution in [3.63, 3.8) is 0 Å². The minimum absolute atomic E-state index is 0.0298. The van der Waals surface area contributed by atoms with Gasteiger partial charge in [0.1, 0.15) is 23.0 Å². The Hall–Kier alpha value is -6.20. The smallest absolute Gasteiger partial charge is 0.261 e. The number of aromatic nitrogens is 2. The van der Waals surface area contributed by atoms with Gasteiger partial charge in [0.15, 0.2) is 0 Å². The van der Waals surface area contributed by atoms with Crippen LogP contribution in [0.15, 0.2) is 115 Å². The van der Waals surface area contributed by atoms with Gasteiger partial charge in [0.05, 0.1) is 43.9 Å². The molecule has 0 bridgehead atoms. The molecule has 4 aromatic heterocycles. The predicted octanol–water partition coefficient (Wildman–Crippen LogP) is 9.35. The molecule has 230 valence electrons. The summed E-state index contributed by atoms with van der Waals surface area (Å²) in [4.78, 5) is 0. The Balaban J connectivity index is 1.33. The van der Waals surface area contributed by atoms with Crippen molar-refractivity contribution in [2.75, 3.05) is 0 Å². The first-order chi connectivity index (χ1) is 24.6. The molecule has 0 fully saturated rings. The number of fused-ring (bicyclic) bond motifs is 16. The fourth-order valence-corrected chi connectivity index (χ4v) is 11.0. The molecule has 5 heteroatoms. The summed E-state index contributed by atoms with van der Waals surface area (Å²) < 4.78 is 19.5. The zero-order valence-electron chi connectivity index (χ0n) is 27.3. The Morgan fingerprint density at radius 1 is 0.440 bits per heavy atom. The van der Waals surface area contributed by atoms with Crippen LogP contribution in [0.5, 0.6) is 23.0 Å². The van der Waals surface area contributed by atoms with E-state index in [2.05, 4.69) is 138 Å². The Morgan fingerprint density at radius 3 is 1.24 bits per heavy atom. The largest absolute Gasteiger partial charge is 0.458 e. The van der Waals surface area contributed by atoms with E-state index < -0.39 is 5.41 Å². The van der Waals surface area contributed by atoms with Gasteiger partial charge in [0, 0.05) is 43.2 Å². The third kappa shape index (κ3) is 2.36. The molecule has 11 aromatic rings. The van der Waals surface area contributed by atoms with E-state index in [1.165, 1.54) is 98.2 Å². The first-order valence-electron chi connectivity index (χ1n) is 17.6. The highest BCUT2D eigenvalue weighted by Crippen LogP contribution is 2.56. The summed E-state index contributed by atoms with van der Waals surface area (Å²) in [5.74, 6) is 3.79. The molecule has 0 spiro atoms. The van der Waals surface area contributed by atoms with Gasteiger partial charge in [-0.15, -0.1) is 0 Å². The average Bonchev–Trinajstić information content (AvgIpc) is 3.87. The lowest BCUT2D eigenvalue weighted by Crippen LogP contribution is -2.64. The molecule has 0 N–H and O–H groups in total. The summed E-state index contributed by atoms with van der Waals surface area (Å²) in [5, 5.41) is 10.2. The Labute approximate surface area is 285 Å². The molecular formula is C45H25BN2O2. The van der Waals surface area contributed by atoms with Gasteiger partial charge in [0.25, 0.3) is 6.71 Å². The number of rotatable bonds is 0. The molecule has 4 nitrogen and oxygen atoms in total. The second-order valence-corrected chi connectivity index (χ2v) is 15.1. The molecule has 14 rings (SSSR count). The SMILES string of the molecule is CC1(C)c2c3c(c4c5ccccc5n5c6ccccc6c2c45)Oc2cccc4c2B3c2c(c3c5ccccc5n5c6ccccc6c(c21)c35)O4. The van der Waals surface area contributed by atoms with Crippen molar-refractivity contribution in [1.29, 1.82) is 0 Å². The van der Waals surface area contributed by atoms with Gasteiger partial charge in [-0.05, 0) is 58.5 Å². The monoisotopic (exact) mass is 636 g/mol. The maximum absolute atomic E-state index is 7.23. The van der Waals surface area contributed by atoms with Crippen LogP contribution < -0.4 is 25.9 Å². The second kappa shape index (κ2) is 7.66. The van der Waals surface area contributed by atoms with Crippen LogP contribution in [0.25, 0.3) is 76.2 Å². The van der Waals surface area contributed by atoms with Crippen LogP contribution >= 0.6 is 0 Å². The number of benzene rings is 7. The molecule has 0 aliphatic carbocycles. The Morgan fingerprint density at radius 2 is 0.820 bits per heavy atom. The third-order valence-corrected chi connectivity index (χ3v) is 12.6. The maximum Gasteiger partial charge on any atom is 0.261 e. The average molecular weight is 637 g/mol. The van der Waals surface area contributed by atoms with E-state index in [-0.39, 0.29) is 6.71 Å². The summed E-state index contributed by atoms with van der Waals surface area (Å²) in [7, 11) is 0. The summed E-state index contributed by atoms with van der Waals surface area (Å²) in [6.07, 6.45) is 0. The molecule has 7 aromatic carbocycles. The molecule has 0 unspecified atom stereocenters. The van der Waals surface area contributed by atoms with Crippen LogP contribution in [0.4, 0.5) is 0 Å². The second-order valence-electron chi connectivity index (χ2n) is 15.1. The highest BCUT2D eigenvalue weighted by Gasteiger charge is 2.53. The third-order valence-electron chi connectivity index (χ3n) is 12.6.